The van der Waals surface area contributed by atoms with Crippen LogP contribution in [-0.4, -0.2) is 19.1 Å². The Balaban J connectivity index is 2.70. The van der Waals surface area contributed by atoms with Crippen molar-refractivity contribution in [3.63, 3.8) is 0 Å². The fourth-order valence-corrected chi connectivity index (χ4v) is 2.03. The van der Waals surface area contributed by atoms with E-state index in [-0.39, 0.29) is 0 Å². The number of hydrogen-bond donors (Lipinski definition) is 2. The van der Waals surface area contributed by atoms with Gasteiger partial charge in [0.2, 0.25) is 0 Å². The standard InChI is InChI=1S/C15H26N2/c1-10(2)16-7-8-17-15-13(5)11(3)9-12(4)14(15)6/h9-10,16-17H,7-8H2,1-6H3. The van der Waals surface area contributed by atoms with E-state index in [2.05, 4.69) is 58.2 Å². The highest BCUT2D eigenvalue weighted by Crippen LogP contribution is 2.26. The van der Waals surface area contributed by atoms with Crippen LogP contribution in [0.2, 0.25) is 0 Å². The molecule has 0 atom stereocenters. The molecule has 0 fully saturated rings. The van der Waals surface area contributed by atoms with Crippen LogP contribution in [0.4, 0.5) is 5.69 Å². The molecule has 1 rings (SSSR count). The first-order chi connectivity index (χ1) is 7.93. The minimum atomic E-state index is 0.554. The van der Waals surface area contributed by atoms with Crippen LogP contribution in [0.3, 0.4) is 0 Å². The lowest BCUT2D eigenvalue weighted by molar-refractivity contribution is 0.602. The summed E-state index contributed by atoms with van der Waals surface area (Å²) in [6.45, 7) is 15.1. The normalized spacial score (nSPS) is 11.0. The average Bonchev–Trinajstić information content (AvgIpc) is 2.25. The molecular weight excluding hydrogens is 208 g/mol. The van der Waals surface area contributed by atoms with Crippen LogP contribution in [0.1, 0.15) is 36.1 Å². The highest BCUT2D eigenvalue weighted by molar-refractivity contribution is 5.62. The van der Waals surface area contributed by atoms with Gasteiger partial charge in [0.05, 0.1) is 0 Å². The third-order valence-electron chi connectivity index (χ3n) is 3.35. The van der Waals surface area contributed by atoms with Crippen molar-refractivity contribution >= 4 is 5.69 Å². The van der Waals surface area contributed by atoms with Gasteiger partial charge < -0.3 is 10.6 Å². The van der Waals surface area contributed by atoms with Crippen LogP contribution in [-0.2, 0) is 0 Å². The second-order valence-corrected chi connectivity index (χ2v) is 5.17. The Morgan fingerprint density at radius 3 is 1.94 bits per heavy atom. The second-order valence-electron chi connectivity index (χ2n) is 5.17. The van der Waals surface area contributed by atoms with Crippen molar-refractivity contribution in [2.75, 3.05) is 18.4 Å². The smallest absolute Gasteiger partial charge is 0.0405 e. The summed E-state index contributed by atoms with van der Waals surface area (Å²) in [5.41, 5.74) is 6.79. The first kappa shape index (κ1) is 14.0. The Hall–Kier alpha value is -1.02. The SMILES string of the molecule is Cc1cc(C)c(C)c(NCCNC(C)C)c1C. The first-order valence-electron chi connectivity index (χ1n) is 6.48. The van der Waals surface area contributed by atoms with Crippen molar-refractivity contribution in [1.29, 1.82) is 0 Å². The highest BCUT2D eigenvalue weighted by Gasteiger charge is 2.07. The van der Waals surface area contributed by atoms with Crippen molar-refractivity contribution < 1.29 is 0 Å². The van der Waals surface area contributed by atoms with Gasteiger partial charge in [-0.15, -0.1) is 0 Å². The van der Waals surface area contributed by atoms with Gasteiger partial charge in [0.1, 0.15) is 0 Å². The quantitative estimate of drug-likeness (QED) is 0.764. The van der Waals surface area contributed by atoms with Crippen molar-refractivity contribution in [2.24, 2.45) is 0 Å². The lowest BCUT2D eigenvalue weighted by Gasteiger charge is -2.17. The monoisotopic (exact) mass is 234 g/mol. The molecule has 2 heteroatoms. The first-order valence-corrected chi connectivity index (χ1v) is 6.48. The second kappa shape index (κ2) is 6.06. The van der Waals surface area contributed by atoms with Gasteiger partial charge in [-0.25, -0.2) is 0 Å². The van der Waals surface area contributed by atoms with Crippen molar-refractivity contribution in [3.05, 3.63) is 28.3 Å². The van der Waals surface area contributed by atoms with Crippen LogP contribution in [0.25, 0.3) is 0 Å². The van der Waals surface area contributed by atoms with E-state index in [0.29, 0.717) is 6.04 Å². The van der Waals surface area contributed by atoms with Gasteiger partial charge in [-0.1, -0.05) is 19.9 Å². The van der Waals surface area contributed by atoms with Crippen molar-refractivity contribution in [1.82, 2.24) is 5.32 Å². The fourth-order valence-electron chi connectivity index (χ4n) is 2.03. The Morgan fingerprint density at radius 2 is 1.47 bits per heavy atom. The molecule has 0 aromatic heterocycles. The van der Waals surface area contributed by atoms with Gasteiger partial charge in [-0.3, -0.25) is 0 Å². The maximum absolute atomic E-state index is 3.56. The van der Waals surface area contributed by atoms with Crippen molar-refractivity contribution in [2.45, 2.75) is 47.6 Å². The van der Waals surface area contributed by atoms with E-state index < -0.39 is 0 Å². The molecule has 1 aromatic carbocycles. The summed E-state index contributed by atoms with van der Waals surface area (Å²) in [5, 5.41) is 6.98. The van der Waals surface area contributed by atoms with Gasteiger partial charge in [-0.2, -0.15) is 0 Å². The number of rotatable bonds is 5. The predicted octanol–water partition coefficient (Wildman–Crippen LogP) is 3.33. The fraction of sp³-hybridized carbons (Fsp3) is 0.600. The molecule has 0 radical (unpaired) electrons. The number of benzene rings is 1. The molecule has 0 bridgehead atoms. The third kappa shape index (κ3) is 3.74. The summed E-state index contributed by atoms with van der Waals surface area (Å²) in [6, 6.07) is 2.82. The lowest BCUT2D eigenvalue weighted by Crippen LogP contribution is -2.28. The molecule has 1 aromatic rings. The van der Waals surface area contributed by atoms with E-state index in [1.54, 1.807) is 0 Å². The number of hydrogen-bond acceptors (Lipinski definition) is 2. The van der Waals surface area contributed by atoms with Gasteiger partial charge in [0.15, 0.2) is 0 Å². The summed E-state index contributed by atoms with van der Waals surface area (Å²) in [6.07, 6.45) is 0. The van der Waals surface area contributed by atoms with E-state index in [4.69, 9.17) is 0 Å². The van der Waals surface area contributed by atoms with Crippen LogP contribution < -0.4 is 10.6 Å². The molecule has 17 heavy (non-hydrogen) atoms. The Kier molecular flexibility index (Phi) is 5.01. The van der Waals surface area contributed by atoms with E-state index in [9.17, 15) is 0 Å². The lowest BCUT2D eigenvalue weighted by atomic mass is 9.99. The molecule has 2 nitrogen and oxygen atoms in total. The molecule has 0 aliphatic carbocycles. The Morgan fingerprint density at radius 1 is 0.941 bits per heavy atom. The number of nitrogens with one attached hydrogen (secondary N) is 2. The van der Waals surface area contributed by atoms with Gasteiger partial charge in [0, 0.05) is 24.8 Å². The van der Waals surface area contributed by atoms with E-state index in [1.165, 1.54) is 27.9 Å². The van der Waals surface area contributed by atoms with Crippen LogP contribution in [0, 0.1) is 27.7 Å². The third-order valence-corrected chi connectivity index (χ3v) is 3.35. The zero-order chi connectivity index (χ0) is 13.0. The zero-order valence-electron chi connectivity index (χ0n) is 12.1. The van der Waals surface area contributed by atoms with Crippen LogP contribution in [0.15, 0.2) is 6.07 Å². The number of aryl methyl sites for hydroxylation is 2. The molecular formula is C15H26N2. The highest BCUT2D eigenvalue weighted by atomic mass is 15.0. The molecule has 0 saturated carbocycles. The average molecular weight is 234 g/mol. The molecule has 0 aliphatic heterocycles. The Bertz CT molecular complexity index is 355. The molecule has 2 N–H and O–H groups in total. The Labute approximate surface area is 106 Å². The van der Waals surface area contributed by atoms with Crippen LogP contribution in [0.5, 0.6) is 0 Å². The molecule has 0 aliphatic rings. The molecule has 0 saturated heterocycles. The zero-order valence-corrected chi connectivity index (χ0v) is 12.1. The summed E-state index contributed by atoms with van der Waals surface area (Å²) in [5.74, 6) is 0. The summed E-state index contributed by atoms with van der Waals surface area (Å²) in [4.78, 5) is 0. The summed E-state index contributed by atoms with van der Waals surface area (Å²) in [7, 11) is 0. The van der Waals surface area contributed by atoms with Crippen molar-refractivity contribution in [3.8, 4) is 0 Å². The minimum Gasteiger partial charge on any atom is -0.383 e. The topological polar surface area (TPSA) is 24.1 Å². The predicted molar refractivity (Wildman–Crippen MR) is 77.0 cm³/mol. The molecule has 0 spiro atoms. The summed E-state index contributed by atoms with van der Waals surface area (Å²) < 4.78 is 0. The maximum atomic E-state index is 3.56. The molecule has 0 heterocycles. The van der Waals surface area contributed by atoms with Gasteiger partial charge in [-0.05, 0) is 49.9 Å². The molecule has 0 unspecified atom stereocenters. The summed E-state index contributed by atoms with van der Waals surface area (Å²) >= 11 is 0. The van der Waals surface area contributed by atoms with Gasteiger partial charge in [0.25, 0.3) is 0 Å². The largest absolute Gasteiger partial charge is 0.383 e. The van der Waals surface area contributed by atoms with E-state index in [1.807, 2.05) is 0 Å². The molecule has 96 valence electrons. The van der Waals surface area contributed by atoms with Crippen LogP contribution >= 0.6 is 0 Å². The van der Waals surface area contributed by atoms with E-state index in [0.717, 1.165) is 13.1 Å². The van der Waals surface area contributed by atoms with E-state index >= 15 is 0 Å². The van der Waals surface area contributed by atoms with Gasteiger partial charge >= 0.3 is 0 Å². The minimum absolute atomic E-state index is 0.554. The molecule has 0 amide bonds. The number of anilines is 1. The maximum Gasteiger partial charge on any atom is 0.0405 e.